The van der Waals surface area contributed by atoms with Gasteiger partial charge in [0.15, 0.2) is 11.6 Å². The van der Waals surface area contributed by atoms with E-state index < -0.39 is 217 Å². The van der Waals surface area contributed by atoms with Crippen LogP contribution in [0.25, 0.3) is 10.9 Å². The lowest BCUT2D eigenvalue weighted by molar-refractivity contribution is -0.151. The van der Waals surface area contributed by atoms with Gasteiger partial charge < -0.3 is 82.7 Å². The van der Waals surface area contributed by atoms with Crippen LogP contribution in [0.1, 0.15) is 125 Å². The summed E-state index contributed by atoms with van der Waals surface area (Å²) in [6.45, 7) is 7.00. The van der Waals surface area contributed by atoms with E-state index in [4.69, 9.17) is 16.2 Å². The molecule has 0 aliphatic carbocycles. The van der Waals surface area contributed by atoms with Gasteiger partial charge in [0, 0.05) is 135 Å². The average Bonchev–Trinajstić information content (AvgIpc) is 1.75. The number of primary amides is 1. The summed E-state index contributed by atoms with van der Waals surface area (Å²) in [7, 11) is 6.75. The van der Waals surface area contributed by atoms with Crippen molar-refractivity contribution in [1.82, 2.24) is 61.4 Å². The number of nitrogens with zero attached hydrogens (tertiary/aromatic N) is 5. The molecule has 34 heteroatoms. The van der Waals surface area contributed by atoms with E-state index in [2.05, 4.69) is 36.9 Å². The number of aromatic nitrogens is 1. The number of unbranched alkanes of at least 4 members (excludes halogenated alkanes) is 1. The predicted octanol–water partition coefficient (Wildman–Crippen LogP) is 5.33. The molecule has 12 N–H and O–H groups in total. The number of aromatic amines is 1. The summed E-state index contributed by atoms with van der Waals surface area (Å²) in [5, 5.41) is 27.8. The van der Waals surface area contributed by atoms with Crippen LogP contribution in [0.2, 0.25) is 0 Å². The zero-order valence-corrected chi connectivity index (χ0v) is 76.7. The van der Waals surface area contributed by atoms with Gasteiger partial charge >= 0.3 is 0 Å². The maximum Gasteiger partial charge on any atom is 0.293 e. The molecule has 1 aliphatic rings. The van der Waals surface area contributed by atoms with Crippen molar-refractivity contribution in [3.05, 3.63) is 209 Å². The van der Waals surface area contributed by atoms with Crippen LogP contribution in [0.4, 0.5) is 4.39 Å². The number of hydrogen-bond acceptors (Lipinski definition) is 20. The number of halogens is 1. The molecule has 8 rings (SSSR count). The van der Waals surface area contributed by atoms with Crippen molar-refractivity contribution < 1.29 is 90.9 Å². The molecule has 1 saturated heterocycles. The number of hydrogen-bond donors (Lipinski definition) is 10. The minimum atomic E-state index is -1.58. The minimum absolute atomic E-state index is 0.0592. The highest BCUT2D eigenvalue weighted by Crippen LogP contribution is 2.28. The number of ether oxygens (including phenoxy) is 1. The molecule has 1 aliphatic heterocycles. The number of phenolic OH excluding ortho intramolecular Hbond substituents is 1. The topological polar surface area (TPSA) is 459 Å². The number of thioether (sulfide) groups is 1. The zero-order valence-electron chi connectivity index (χ0n) is 75.9. The van der Waals surface area contributed by atoms with Crippen molar-refractivity contribution in [3.63, 3.8) is 0 Å². The molecule has 1 aromatic heterocycles. The number of H-pyrrole nitrogens is 1. The molecule has 702 valence electrons. The van der Waals surface area contributed by atoms with Crippen molar-refractivity contribution in [2.24, 2.45) is 35.1 Å². The van der Waals surface area contributed by atoms with Crippen molar-refractivity contribution in [2.45, 2.75) is 185 Å². The molecular weight excluding hydrogens is 1700 g/mol. The fourth-order valence-corrected chi connectivity index (χ4v) is 16.6. The Hall–Kier alpha value is -13.0. The van der Waals surface area contributed by atoms with Crippen LogP contribution in [0.15, 0.2) is 164 Å². The number of carbonyl (C=O) groups excluding carboxylic acids is 16. The zero-order chi connectivity index (χ0) is 95.7. The number of fused-ring (bicyclic) bond motifs is 1. The largest absolute Gasteiger partial charge is 0.508 e. The predicted molar refractivity (Wildman–Crippen MR) is 492 cm³/mol. The summed E-state index contributed by atoms with van der Waals surface area (Å²) in [4.78, 5) is 244. The molecule has 32 nitrogen and oxygen atoms in total. The Morgan fingerprint density at radius 2 is 1.03 bits per heavy atom. The van der Waals surface area contributed by atoms with E-state index in [0.29, 0.717) is 57.1 Å². The number of amides is 12. The minimum Gasteiger partial charge on any atom is -0.508 e. The Bertz CT molecular complexity index is 5100. The molecule has 12 amide bonds. The van der Waals surface area contributed by atoms with Gasteiger partial charge in [0.05, 0.1) is 30.8 Å². The Labute approximate surface area is 767 Å². The van der Waals surface area contributed by atoms with E-state index in [0.717, 1.165) is 44.2 Å². The maximum absolute atomic E-state index is 15.6. The summed E-state index contributed by atoms with van der Waals surface area (Å²) >= 11 is 0.839. The van der Waals surface area contributed by atoms with E-state index in [-0.39, 0.29) is 81.8 Å². The van der Waals surface area contributed by atoms with Crippen LogP contribution in [0.5, 0.6) is 5.75 Å². The Balaban J connectivity index is 1.22. The van der Waals surface area contributed by atoms with Gasteiger partial charge in [0.25, 0.3) is 6.47 Å². The maximum atomic E-state index is 15.6. The number of carbonyl (C=O) groups is 16. The van der Waals surface area contributed by atoms with Crippen LogP contribution in [0, 0.1) is 29.5 Å². The fraction of sp³-hybridized carbons (Fsp3) is 0.443. The van der Waals surface area contributed by atoms with Gasteiger partial charge in [-0.2, -0.15) is 0 Å². The second-order valence-electron chi connectivity index (χ2n) is 34.2. The van der Waals surface area contributed by atoms with Gasteiger partial charge in [-0.3, -0.25) is 76.7 Å². The van der Waals surface area contributed by atoms with Crippen molar-refractivity contribution >= 4 is 117 Å². The van der Waals surface area contributed by atoms with E-state index in [9.17, 15) is 43.1 Å². The number of benzene rings is 6. The third-order valence-electron chi connectivity index (χ3n) is 23.3. The summed E-state index contributed by atoms with van der Waals surface area (Å²) in [5.41, 5.74) is 15.9. The van der Waals surface area contributed by atoms with Crippen LogP contribution in [-0.2, 0) is 127 Å². The highest BCUT2D eigenvalue weighted by molar-refractivity contribution is 8.00. The van der Waals surface area contributed by atoms with E-state index in [1.165, 1.54) is 81.4 Å². The van der Waals surface area contributed by atoms with Crippen molar-refractivity contribution in [2.75, 3.05) is 66.4 Å². The first kappa shape index (κ1) is 103. The van der Waals surface area contributed by atoms with Gasteiger partial charge in [0.1, 0.15) is 72.3 Å². The summed E-state index contributed by atoms with van der Waals surface area (Å²) in [6.07, 6.45) is -0.789. The molecule has 0 saturated carbocycles. The smallest absolute Gasteiger partial charge is 0.293 e. The number of ketones is 3. The number of likely N-dealkylation sites (N-methyl/N-ethyl adjacent to an activating group) is 5. The monoisotopic (exact) mass is 1820 g/mol. The molecule has 7 aromatic rings. The van der Waals surface area contributed by atoms with Crippen molar-refractivity contribution in [1.29, 1.82) is 0 Å². The van der Waals surface area contributed by atoms with E-state index in [1.54, 1.807) is 143 Å². The molecule has 131 heavy (non-hydrogen) atoms. The molecule has 0 radical (unpaired) electrons. The molecular formula is C97H123FN14O18S. The Morgan fingerprint density at radius 3 is 1.62 bits per heavy atom. The lowest BCUT2D eigenvalue weighted by Crippen LogP contribution is -2.59. The molecule has 6 aromatic carbocycles. The third-order valence-corrected chi connectivity index (χ3v) is 24.4. The fourth-order valence-electron chi connectivity index (χ4n) is 15.7. The van der Waals surface area contributed by atoms with Crippen LogP contribution < -0.4 is 43.4 Å². The number of aromatic hydroxyl groups is 1. The molecule has 0 spiro atoms. The highest BCUT2D eigenvalue weighted by atomic mass is 32.2. The third kappa shape index (κ3) is 31.4. The van der Waals surface area contributed by atoms with Gasteiger partial charge in [-0.05, 0) is 94.0 Å². The normalized spacial score (nSPS) is 21.9. The first-order valence-corrected chi connectivity index (χ1v) is 45.1. The number of nitrogens with one attached hydrogen (secondary N) is 7. The van der Waals surface area contributed by atoms with Crippen LogP contribution >= 0.6 is 11.8 Å². The second kappa shape index (κ2) is 50.8. The molecule has 11 atom stereocenters. The summed E-state index contributed by atoms with van der Waals surface area (Å²) in [6, 6.07) is 29.0. The number of nitrogens with two attached hydrogens (primary N) is 2. The molecule has 1 fully saturated rings. The standard InChI is InChI=1S/C97H123FN14O18S/c1-11-12-27-81-96(128)108(6)53-71(115)48-68(55-130-58-113)85(117)50-73(60(4)5)93(125)111(9)82(46-61-21-15-13-16-22-61)92(124)106-78(44-63-28-30-66(51-99)31-29-63)94(126)109(7)54-87(119)102-77(49-67-52-101-74-26-20-19-25-72(67)74)91(123)105-76(43-65-34-38-70(114)39-35-65)90(122)104-75(42-59(2)3)89(121)107-80(84(116)40-41-86(100)118)56-131-57-88(120)103-79(45-64-32-36-69(98)37-33-64)95(127)112(10)83(97(129)110(81)8)47-62-23-17-14-18-24-62/h13-26,28-39,52,58-60,68,73,75-83,101,114H,11-12,27,40-51,53-57,99H2,1-10H3,(H2,100,118)(H,102,119)(H,103,120)(H,104,122)(H,105,123)(H,106,124)(H,107,121)/t68-,73-,75-,76-,77-,78-,79-,80-,81-,82-,83-/m0/s1. The first-order valence-electron chi connectivity index (χ1n) is 44.0. The van der Waals surface area contributed by atoms with Gasteiger partial charge in [-0.15, -0.1) is 11.8 Å². The number of phenols is 1. The molecule has 2 heterocycles. The lowest BCUT2D eigenvalue weighted by Gasteiger charge is -2.37. The highest BCUT2D eigenvalue weighted by Gasteiger charge is 2.42. The van der Waals surface area contributed by atoms with Crippen LogP contribution in [0.3, 0.4) is 0 Å². The van der Waals surface area contributed by atoms with Gasteiger partial charge in [-0.25, -0.2) is 4.39 Å². The lowest BCUT2D eigenvalue weighted by atomic mass is 9.84. The van der Waals surface area contributed by atoms with Crippen molar-refractivity contribution in [3.8, 4) is 5.75 Å². The SMILES string of the molecule is CCCC[C@H]1C(=O)N(C)CC(=O)C[C@@H](COC=O)C(=O)C[C@@H](C(C)C)C(=O)N(C)[C@@H](Cc2ccccc2)C(=O)N[C@@H](Cc2ccc(CN)cc2)C(=O)N(C)CC(=O)N[C@@H](Cc2c[nH]c3ccccc23)C(=O)N[C@@H](Cc2ccc(O)cc2)C(=O)N[C@@H](CC(C)C)C(=O)N[C@H](C(=O)CCC(N)=O)CSCC(=O)N[C@@H](Cc2ccc(F)cc2)C(=O)N(C)[C@@H](Cc2ccccc2)C(=O)N1C. The summed E-state index contributed by atoms with van der Waals surface area (Å²) in [5.74, 6) is -17.1. The van der Waals surface area contributed by atoms with Crippen LogP contribution in [-0.4, -0.2) is 250 Å². The average molecular weight is 1820 g/mol. The quantitative estimate of drug-likeness (QED) is 0.0306. The first-order chi connectivity index (χ1) is 62.4. The number of rotatable bonds is 26. The number of Topliss-reactive ketones (excluding diaryl/α,β-unsaturated/α-hetero) is 3. The number of para-hydroxylation sites is 1. The molecule has 0 bridgehead atoms. The molecule has 0 unspecified atom stereocenters. The summed E-state index contributed by atoms with van der Waals surface area (Å²) < 4.78 is 19.7. The van der Waals surface area contributed by atoms with E-state index >= 15 is 43.2 Å². The van der Waals surface area contributed by atoms with Gasteiger partial charge in [0.2, 0.25) is 70.9 Å². The van der Waals surface area contributed by atoms with E-state index in [1.807, 2.05) is 6.92 Å². The van der Waals surface area contributed by atoms with Gasteiger partial charge in [-0.1, -0.05) is 175 Å². The Morgan fingerprint density at radius 1 is 0.527 bits per heavy atom. The second-order valence-corrected chi connectivity index (χ2v) is 35.3. The Kier molecular flexibility index (Phi) is 40.1.